The Labute approximate surface area is 300 Å². The molecule has 7 aromatic rings. The molecule has 6 nitrogen and oxygen atoms in total. The summed E-state index contributed by atoms with van der Waals surface area (Å²) in [5.41, 5.74) is 8.21. The van der Waals surface area contributed by atoms with Crippen LogP contribution in [0.5, 0.6) is 11.5 Å². The molecule has 2 aliphatic rings. The van der Waals surface area contributed by atoms with Gasteiger partial charge >= 0.3 is 11.9 Å². The van der Waals surface area contributed by atoms with Crippen molar-refractivity contribution in [3.8, 4) is 11.5 Å². The van der Waals surface area contributed by atoms with Gasteiger partial charge < -0.3 is 19.3 Å². The van der Waals surface area contributed by atoms with Crippen molar-refractivity contribution in [2.45, 2.75) is 0 Å². The summed E-state index contributed by atoms with van der Waals surface area (Å²) < 4.78 is 11.6. The molecule has 2 heterocycles. The smallest absolute Gasteiger partial charge is 0.344 e. The summed E-state index contributed by atoms with van der Waals surface area (Å²) in [6.45, 7) is 0. The van der Waals surface area contributed by atoms with Crippen LogP contribution in [0.3, 0.4) is 0 Å². The van der Waals surface area contributed by atoms with Gasteiger partial charge in [0, 0.05) is 44.6 Å². The molecule has 9 rings (SSSR count). The highest BCUT2D eigenvalue weighted by Gasteiger charge is 2.31. The monoisotopic (exact) mass is 674 g/mol. The SMILES string of the molecule is O=C1Oc2cc3c(cc2=C1c1ccc(N(c2ccccc2)c2ccccc2)cc1)OC(=O)C=3c1ccc(N(c2ccccc2)c2ccccc2)cc1. The average molecular weight is 675 g/mol. The van der Waals surface area contributed by atoms with E-state index in [1.165, 1.54) is 0 Å². The second kappa shape index (κ2) is 12.9. The number of para-hydroxylation sites is 4. The van der Waals surface area contributed by atoms with Crippen molar-refractivity contribution in [1.29, 1.82) is 0 Å². The fraction of sp³-hybridized carbons (Fsp3) is 0. The molecule has 0 aliphatic carbocycles. The van der Waals surface area contributed by atoms with Gasteiger partial charge in [0.05, 0.1) is 11.1 Å². The summed E-state index contributed by atoms with van der Waals surface area (Å²) in [6.07, 6.45) is 0. The quantitative estimate of drug-likeness (QED) is 0.119. The lowest BCUT2D eigenvalue weighted by molar-refractivity contribution is -0.128. The van der Waals surface area contributed by atoms with E-state index in [0.717, 1.165) is 34.1 Å². The lowest BCUT2D eigenvalue weighted by Crippen LogP contribution is -2.12. The Bertz CT molecular complexity index is 2310. The van der Waals surface area contributed by atoms with Crippen LogP contribution in [0.15, 0.2) is 182 Å². The summed E-state index contributed by atoms with van der Waals surface area (Å²) in [4.78, 5) is 31.1. The molecule has 0 saturated carbocycles. The number of nitrogens with zero attached hydrogens (tertiary/aromatic N) is 2. The maximum Gasteiger partial charge on any atom is 0.344 e. The van der Waals surface area contributed by atoms with Crippen molar-refractivity contribution in [3.05, 3.63) is 204 Å². The zero-order chi connectivity index (χ0) is 35.0. The fourth-order valence-electron chi connectivity index (χ4n) is 6.95. The first-order valence-electron chi connectivity index (χ1n) is 17.0. The van der Waals surface area contributed by atoms with Crippen LogP contribution in [0.2, 0.25) is 0 Å². The maximum absolute atomic E-state index is 13.4. The van der Waals surface area contributed by atoms with Crippen LogP contribution in [0.4, 0.5) is 34.1 Å². The lowest BCUT2D eigenvalue weighted by atomic mass is 10.0. The molecule has 0 bridgehead atoms. The minimum atomic E-state index is -0.450. The van der Waals surface area contributed by atoms with E-state index in [9.17, 15) is 9.59 Å². The molecule has 0 saturated heterocycles. The van der Waals surface area contributed by atoms with E-state index in [4.69, 9.17) is 9.47 Å². The Balaban J connectivity index is 1.08. The van der Waals surface area contributed by atoms with Gasteiger partial charge in [-0.15, -0.1) is 0 Å². The van der Waals surface area contributed by atoms with Gasteiger partial charge in [0.15, 0.2) is 0 Å². The second-order valence-electron chi connectivity index (χ2n) is 12.5. The van der Waals surface area contributed by atoms with Gasteiger partial charge in [-0.05, 0) is 96.1 Å². The molecular formula is C46H30N2O4. The van der Waals surface area contributed by atoms with Gasteiger partial charge in [-0.2, -0.15) is 0 Å². The van der Waals surface area contributed by atoms with Crippen LogP contribution < -0.4 is 29.7 Å². The van der Waals surface area contributed by atoms with E-state index < -0.39 is 11.9 Å². The van der Waals surface area contributed by atoms with Crippen molar-refractivity contribution in [2.24, 2.45) is 0 Å². The van der Waals surface area contributed by atoms with Crippen LogP contribution in [-0.4, -0.2) is 11.9 Å². The van der Waals surface area contributed by atoms with Gasteiger partial charge in [-0.25, -0.2) is 9.59 Å². The predicted octanol–water partition coefficient (Wildman–Crippen LogP) is 8.86. The van der Waals surface area contributed by atoms with Crippen molar-refractivity contribution in [3.63, 3.8) is 0 Å². The fourth-order valence-corrected chi connectivity index (χ4v) is 6.95. The number of rotatable bonds is 8. The van der Waals surface area contributed by atoms with Gasteiger partial charge in [-0.1, -0.05) is 97.1 Å². The largest absolute Gasteiger partial charge is 0.422 e. The molecule has 6 heteroatoms. The van der Waals surface area contributed by atoms with Crippen LogP contribution in [0, 0.1) is 0 Å². The van der Waals surface area contributed by atoms with Gasteiger partial charge in [0.2, 0.25) is 0 Å². The van der Waals surface area contributed by atoms with E-state index in [0.29, 0.717) is 44.2 Å². The van der Waals surface area contributed by atoms with E-state index in [2.05, 4.69) is 58.3 Å². The Morgan fingerprint density at radius 1 is 0.327 bits per heavy atom. The number of hydrogen-bond acceptors (Lipinski definition) is 6. The van der Waals surface area contributed by atoms with E-state index >= 15 is 0 Å². The van der Waals surface area contributed by atoms with Crippen LogP contribution >= 0.6 is 0 Å². The first kappa shape index (κ1) is 30.8. The molecule has 0 radical (unpaired) electrons. The second-order valence-corrected chi connectivity index (χ2v) is 12.5. The highest BCUT2D eigenvalue weighted by atomic mass is 16.5. The number of ether oxygens (including phenoxy) is 2. The maximum atomic E-state index is 13.4. The zero-order valence-electron chi connectivity index (χ0n) is 27.8. The summed E-state index contributed by atoms with van der Waals surface area (Å²) >= 11 is 0. The third-order valence-corrected chi connectivity index (χ3v) is 9.32. The number of carbonyl (C=O) groups excluding carboxylic acids is 2. The Morgan fingerprint density at radius 3 is 0.885 bits per heavy atom. The Hall–Kier alpha value is -7.18. The molecule has 248 valence electrons. The van der Waals surface area contributed by atoms with Crippen molar-refractivity contribution >= 4 is 57.2 Å². The number of fused-ring (bicyclic) bond motifs is 2. The van der Waals surface area contributed by atoms with Gasteiger partial charge in [0.25, 0.3) is 0 Å². The van der Waals surface area contributed by atoms with Crippen LogP contribution in [0.1, 0.15) is 11.1 Å². The Morgan fingerprint density at radius 2 is 0.596 bits per heavy atom. The van der Waals surface area contributed by atoms with Gasteiger partial charge in [0.1, 0.15) is 11.5 Å². The van der Waals surface area contributed by atoms with Crippen molar-refractivity contribution in [1.82, 2.24) is 0 Å². The zero-order valence-corrected chi connectivity index (χ0v) is 27.8. The standard InChI is InChI=1S/C46H30N2O4/c49-45-43(31-21-25-37(26-22-31)47(33-13-5-1-6-14-33)34-15-7-2-8-16-34)39-29-42-40(30-41(39)51-45)44(46(50)52-42)32-23-27-38(28-24-32)48(35-17-9-3-10-18-35)36-19-11-4-12-20-36/h1-30H. The molecule has 0 unspecified atom stereocenters. The molecular weight excluding hydrogens is 645 g/mol. The molecule has 0 atom stereocenters. The van der Waals surface area contributed by atoms with Crippen molar-refractivity contribution in [2.75, 3.05) is 9.80 Å². The molecule has 2 aliphatic heterocycles. The normalized spacial score (nSPS) is 12.9. The molecule has 0 fully saturated rings. The summed E-state index contributed by atoms with van der Waals surface area (Å²) in [6, 6.07) is 59.7. The molecule has 0 aromatic heterocycles. The minimum Gasteiger partial charge on any atom is -0.422 e. The molecule has 0 amide bonds. The topological polar surface area (TPSA) is 59.1 Å². The molecule has 0 N–H and O–H groups in total. The van der Waals surface area contributed by atoms with E-state index in [1.54, 1.807) is 12.1 Å². The van der Waals surface area contributed by atoms with Crippen LogP contribution in [-0.2, 0) is 9.59 Å². The average Bonchev–Trinajstić information content (AvgIpc) is 3.69. The first-order chi connectivity index (χ1) is 25.6. The molecule has 52 heavy (non-hydrogen) atoms. The third kappa shape index (κ3) is 5.49. The highest BCUT2D eigenvalue weighted by Crippen LogP contribution is 2.37. The Kier molecular flexibility index (Phi) is 7.67. The number of esters is 2. The number of anilines is 6. The minimum absolute atomic E-state index is 0.393. The highest BCUT2D eigenvalue weighted by molar-refractivity contribution is 6.21. The molecule has 7 aromatic carbocycles. The summed E-state index contributed by atoms with van der Waals surface area (Å²) in [5, 5.41) is 1.18. The first-order valence-corrected chi connectivity index (χ1v) is 17.0. The predicted molar refractivity (Wildman–Crippen MR) is 204 cm³/mol. The van der Waals surface area contributed by atoms with E-state index in [-0.39, 0.29) is 0 Å². The molecule has 0 spiro atoms. The third-order valence-electron chi connectivity index (χ3n) is 9.32. The number of carbonyl (C=O) groups is 2. The summed E-state index contributed by atoms with van der Waals surface area (Å²) in [7, 11) is 0. The van der Waals surface area contributed by atoms with Crippen molar-refractivity contribution < 1.29 is 19.1 Å². The van der Waals surface area contributed by atoms with Gasteiger partial charge in [-0.3, -0.25) is 0 Å². The number of benzene rings is 7. The lowest BCUT2D eigenvalue weighted by Gasteiger charge is -2.25. The number of hydrogen-bond donors (Lipinski definition) is 0. The van der Waals surface area contributed by atoms with E-state index in [1.807, 2.05) is 121 Å². The van der Waals surface area contributed by atoms with Crippen LogP contribution in [0.25, 0.3) is 11.1 Å². The summed E-state index contributed by atoms with van der Waals surface area (Å²) in [5.74, 6) is -0.114.